The number of carbonyl (C=O) groups excluding carboxylic acids is 1. The third kappa shape index (κ3) is 4.32. The summed E-state index contributed by atoms with van der Waals surface area (Å²) in [6, 6.07) is 0.403. The molecule has 0 bridgehead atoms. The van der Waals surface area contributed by atoms with Crippen LogP contribution in [0.4, 0.5) is 4.79 Å². The first kappa shape index (κ1) is 18.2. The first-order chi connectivity index (χ1) is 11.8. The van der Waals surface area contributed by atoms with Crippen molar-refractivity contribution in [2.45, 2.75) is 83.0 Å². The summed E-state index contributed by atoms with van der Waals surface area (Å²) in [7, 11) is 0. The summed E-state index contributed by atoms with van der Waals surface area (Å²) in [5.41, 5.74) is -0.888. The van der Waals surface area contributed by atoms with Crippen LogP contribution in [0.25, 0.3) is 0 Å². The average molecular weight is 350 g/mol. The Morgan fingerprint density at radius 3 is 2.48 bits per heavy atom. The maximum absolute atomic E-state index is 12.2. The van der Waals surface area contributed by atoms with Crippen molar-refractivity contribution in [1.82, 2.24) is 19.9 Å². The monoisotopic (exact) mass is 350 g/mol. The molecule has 140 valence electrons. The molecule has 1 aliphatic carbocycles. The summed E-state index contributed by atoms with van der Waals surface area (Å²) in [4.78, 5) is 13.8. The molecule has 0 atom stereocenters. The van der Waals surface area contributed by atoms with Gasteiger partial charge in [0.15, 0.2) is 0 Å². The largest absolute Gasteiger partial charge is 0.444 e. The Labute approximate surface area is 149 Å². The van der Waals surface area contributed by atoms with Crippen LogP contribution in [0.2, 0.25) is 0 Å². The quantitative estimate of drug-likeness (QED) is 0.887. The van der Waals surface area contributed by atoms with E-state index in [4.69, 9.17) is 4.74 Å². The van der Waals surface area contributed by atoms with Gasteiger partial charge in [-0.2, -0.15) is 0 Å². The predicted molar refractivity (Wildman–Crippen MR) is 93.1 cm³/mol. The molecular formula is C18H30N4O3. The minimum absolute atomic E-state index is 0.319. The lowest BCUT2D eigenvalue weighted by Crippen LogP contribution is -2.47. The minimum atomic E-state index is -1.01. The molecule has 0 aromatic carbocycles. The molecular weight excluding hydrogens is 320 g/mol. The highest BCUT2D eigenvalue weighted by atomic mass is 16.6. The smallest absolute Gasteiger partial charge is 0.410 e. The van der Waals surface area contributed by atoms with E-state index in [9.17, 15) is 9.90 Å². The number of aliphatic hydroxyl groups is 1. The molecule has 0 spiro atoms. The lowest BCUT2D eigenvalue weighted by Gasteiger charge is -2.37. The molecule has 7 heteroatoms. The van der Waals surface area contributed by atoms with Crippen LogP contribution in [0.3, 0.4) is 0 Å². The van der Waals surface area contributed by atoms with Gasteiger partial charge in [-0.3, -0.25) is 0 Å². The van der Waals surface area contributed by atoms with Gasteiger partial charge in [-0.1, -0.05) is 24.5 Å². The highest BCUT2D eigenvalue weighted by Crippen LogP contribution is 2.33. The number of aromatic nitrogens is 3. The molecule has 1 N–H and O–H groups in total. The van der Waals surface area contributed by atoms with Gasteiger partial charge in [0.1, 0.15) is 16.9 Å². The Kier molecular flexibility index (Phi) is 5.04. The van der Waals surface area contributed by atoms with Gasteiger partial charge in [0.2, 0.25) is 0 Å². The maximum atomic E-state index is 12.2. The number of rotatable bonds is 2. The zero-order chi connectivity index (χ0) is 18.1. The molecule has 3 rings (SSSR count). The zero-order valence-electron chi connectivity index (χ0n) is 15.6. The molecule has 1 saturated heterocycles. The molecule has 2 heterocycles. The number of hydrogen-bond donors (Lipinski definition) is 1. The van der Waals surface area contributed by atoms with Crippen molar-refractivity contribution < 1.29 is 14.6 Å². The highest BCUT2D eigenvalue weighted by molar-refractivity contribution is 5.68. The summed E-state index contributed by atoms with van der Waals surface area (Å²) in [6.45, 7) is 6.49. The number of hydrogen-bond acceptors (Lipinski definition) is 5. The van der Waals surface area contributed by atoms with Crippen molar-refractivity contribution >= 4 is 6.09 Å². The molecule has 1 aromatic heterocycles. The second-order valence-electron chi connectivity index (χ2n) is 8.37. The van der Waals surface area contributed by atoms with Crippen molar-refractivity contribution in [3.8, 4) is 0 Å². The zero-order valence-corrected chi connectivity index (χ0v) is 15.6. The Hall–Kier alpha value is -1.63. The number of nitrogens with zero attached hydrogens (tertiary/aromatic N) is 4. The highest BCUT2D eigenvalue weighted by Gasteiger charge is 2.39. The number of amides is 1. The van der Waals surface area contributed by atoms with E-state index in [-0.39, 0.29) is 6.09 Å². The van der Waals surface area contributed by atoms with Crippen LogP contribution in [0.5, 0.6) is 0 Å². The number of likely N-dealkylation sites (tertiary alicyclic amines) is 1. The molecule has 25 heavy (non-hydrogen) atoms. The second-order valence-corrected chi connectivity index (χ2v) is 8.37. The van der Waals surface area contributed by atoms with Crippen LogP contribution in [-0.2, 0) is 10.3 Å². The van der Waals surface area contributed by atoms with Crippen LogP contribution in [-0.4, -0.2) is 49.8 Å². The Morgan fingerprint density at radius 1 is 1.24 bits per heavy atom. The summed E-state index contributed by atoms with van der Waals surface area (Å²) in [6.07, 6.45) is 8.51. The maximum Gasteiger partial charge on any atom is 0.410 e. The topological polar surface area (TPSA) is 80.5 Å². The van der Waals surface area contributed by atoms with Gasteiger partial charge in [0, 0.05) is 13.1 Å². The number of ether oxygens (including phenoxy) is 1. The first-order valence-corrected chi connectivity index (χ1v) is 9.39. The van der Waals surface area contributed by atoms with Crippen LogP contribution in [0.15, 0.2) is 6.20 Å². The van der Waals surface area contributed by atoms with Gasteiger partial charge < -0.3 is 14.7 Å². The second kappa shape index (κ2) is 6.94. The van der Waals surface area contributed by atoms with Crippen molar-refractivity contribution in [2.24, 2.45) is 0 Å². The first-order valence-electron chi connectivity index (χ1n) is 9.39. The van der Waals surface area contributed by atoms with Gasteiger partial charge >= 0.3 is 6.09 Å². The normalized spacial score (nSPS) is 22.0. The third-order valence-electron chi connectivity index (χ3n) is 5.18. The SMILES string of the molecule is CC(C)(C)OC(=O)N1CCC(O)(c2cn(C3CCCCC3)nn2)CC1. The van der Waals surface area contributed by atoms with Gasteiger partial charge in [-0.15, -0.1) is 5.10 Å². The fourth-order valence-corrected chi connectivity index (χ4v) is 3.66. The predicted octanol–water partition coefficient (Wildman–Crippen LogP) is 3.00. The third-order valence-corrected chi connectivity index (χ3v) is 5.18. The average Bonchev–Trinajstić information content (AvgIpc) is 3.05. The van der Waals surface area contributed by atoms with Crippen LogP contribution in [0.1, 0.15) is 77.5 Å². The molecule has 7 nitrogen and oxygen atoms in total. The van der Waals surface area contributed by atoms with E-state index in [0.717, 1.165) is 12.8 Å². The summed E-state index contributed by atoms with van der Waals surface area (Å²) >= 11 is 0. The summed E-state index contributed by atoms with van der Waals surface area (Å²) < 4.78 is 7.33. The molecule has 2 fully saturated rings. The molecule has 2 aliphatic rings. The van der Waals surface area contributed by atoms with Crippen molar-refractivity contribution in [1.29, 1.82) is 0 Å². The lowest BCUT2D eigenvalue weighted by molar-refractivity contribution is -0.0382. The van der Waals surface area contributed by atoms with E-state index < -0.39 is 11.2 Å². The lowest BCUT2D eigenvalue weighted by atomic mass is 9.88. The Balaban J connectivity index is 1.60. The van der Waals surface area contributed by atoms with Gasteiger partial charge in [-0.05, 0) is 46.5 Å². The van der Waals surface area contributed by atoms with Gasteiger partial charge in [-0.25, -0.2) is 9.48 Å². The molecule has 1 aromatic rings. The van der Waals surface area contributed by atoms with Gasteiger partial charge in [0.05, 0.1) is 12.2 Å². The van der Waals surface area contributed by atoms with E-state index in [1.165, 1.54) is 19.3 Å². The fourth-order valence-electron chi connectivity index (χ4n) is 3.66. The molecule has 0 radical (unpaired) electrons. The molecule has 0 unspecified atom stereocenters. The van der Waals surface area contributed by atoms with Gasteiger partial charge in [0.25, 0.3) is 0 Å². The number of carbonyl (C=O) groups is 1. The van der Waals surface area contributed by atoms with Crippen molar-refractivity contribution in [3.63, 3.8) is 0 Å². The van der Waals surface area contributed by atoms with E-state index in [0.29, 0.717) is 37.7 Å². The number of piperidine rings is 1. The Morgan fingerprint density at radius 2 is 1.88 bits per heavy atom. The van der Waals surface area contributed by atoms with E-state index in [2.05, 4.69) is 10.3 Å². The van der Waals surface area contributed by atoms with E-state index in [1.807, 2.05) is 31.6 Å². The van der Waals surface area contributed by atoms with Crippen molar-refractivity contribution in [2.75, 3.05) is 13.1 Å². The standard InChI is InChI=1S/C18H30N4O3/c1-17(2,3)25-16(23)21-11-9-18(24,10-12-21)15-13-22(20-19-15)14-7-5-4-6-8-14/h13-14,24H,4-12H2,1-3H3. The van der Waals surface area contributed by atoms with Crippen molar-refractivity contribution in [3.05, 3.63) is 11.9 Å². The van der Waals surface area contributed by atoms with Crippen LogP contribution >= 0.6 is 0 Å². The molecule has 1 amide bonds. The van der Waals surface area contributed by atoms with E-state index >= 15 is 0 Å². The molecule has 1 saturated carbocycles. The molecule has 1 aliphatic heterocycles. The minimum Gasteiger partial charge on any atom is -0.444 e. The van der Waals surface area contributed by atoms with E-state index in [1.54, 1.807) is 4.90 Å². The van der Waals surface area contributed by atoms with Crippen LogP contribution in [0, 0.1) is 0 Å². The fraction of sp³-hybridized carbons (Fsp3) is 0.833. The summed E-state index contributed by atoms with van der Waals surface area (Å²) in [5, 5.41) is 19.5. The summed E-state index contributed by atoms with van der Waals surface area (Å²) in [5.74, 6) is 0. The Bertz CT molecular complexity index is 594. The van der Waals surface area contributed by atoms with Crippen LogP contribution < -0.4 is 0 Å².